The zero-order valence-corrected chi connectivity index (χ0v) is 13.2. The molecular formula is C16H15N3O3S. The fraction of sp³-hybridized carbons (Fsp3) is 0.125. The molecule has 0 saturated heterocycles. The Labute approximate surface area is 137 Å². The summed E-state index contributed by atoms with van der Waals surface area (Å²) in [6.07, 6.45) is 0. The van der Waals surface area contributed by atoms with Crippen LogP contribution in [-0.4, -0.2) is 22.3 Å². The highest BCUT2D eigenvalue weighted by Gasteiger charge is 2.06. The van der Waals surface area contributed by atoms with Crippen molar-refractivity contribution in [2.24, 2.45) is 5.10 Å². The number of carbonyl (C=O) groups excluding carboxylic acids is 1. The minimum atomic E-state index is -0.459. The Morgan fingerprint density at radius 1 is 1.17 bits per heavy atom. The first-order chi connectivity index (χ1) is 11.1. The van der Waals surface area contributed by atoms with Crippen molar-refractivity contribution < 1.29 is 9.72 Å². The molecule has 2 rings (SSSR count). The van der Waals surface area contributed by atoms with Gasteiger partial charge in [-0.05, 0) is 36.8 Å². The fourth-order valence-corrected chi connectivity index (χ4v) is 2.44. The Balaban J connectivity index is 1.88. The molecular weight excluding hydrogens is 314 g/mol. The molecule has 0 aromatic heterocycles. The number of hydrogen-bond donors (Lipinski definition) is 1. The number of hydrazone groups is 1. The van der Waals surface area contributed by atoms with Crippen molar-refractivity contribution in [3.63, 3.8) is 0 Å². The molecule has 0 bridgehead atoms. The second kappa shape index (κ2) is 8.09. The standard InChI is InChI=1S/C16H15N3O3S/c1-12(13-7-9-14(10-8-13)19(21)22)17-18-16(20)11-23-15-5-3-2-4-6-15/h2-10H,11H2,1H3,(H,18,20)/b17-12-. The number of nitro benzene ring substituents is 1. The average molecular weight is 329 g/mol. The van der Waals surface area contributed by atoms with Crippen molar-refractivity contribution in [3.8, 4) is 0 Å². The van der Waals surface area contributed by atoms with E-state index in [-0.39, 0.29) is 17.3 Å². The van der Waals surface area contributed by atoms with Gasteiger partial charge in [0.2, 0.25) is 5.91 Å². The second-order valence-corrected chi connectivity index (χ2v) is 5.69. The third-order valence-corrected chi connectivity index (χ3v) is 3.97. The van der Waals surface area contributed by atoms with Gasteiger partial charge in [0.1, 0.15) is 0 Å². The third-order valence-electron chi connectivity index (χ3n) is 2.96. The zero-order chi connectivity index (χ0) is 16.7. The van der Waals surface area contributed by atoms with Gasteiger partial charge in [0.25, 0.3) is 5.69 Å². The van der Waals surface area contributed by atoms with E-state index in [1.165, 1.54) is 23.9 Å². The minimum Gasteiger partial charge on any atom is -0.272 e. The Bertz CT molecular complexity index is 715. The van der Waals surface area contributed by atoms with E-state index in [1.807, 2.05) is 30.3 Å². The predicted octanol–water partition coefficient (Wildman–Crippen LogP) is 3.23. The lowest BCUT2D eigenvalue weighted by molar-refractivity contribution is -0.384. The number of nitrogens with one attached hydrogen (secondary N) is 1. The molecule has 0 unspecified atom stereocenters. The summed E-state index contributed by atoms with van der Waals surface area (Å²) in [5.41, 5.74) is 3.80. The van der Waals surface area contributed by atoms with Crippen molar-refractivity contribution in [1.82, 2.24) is 5.43 Å². The highest BCUT2D eigenvalue weighted by atomic mass is 32.2. The molecule has 0 fully saturated rings. The van der Waals surface area contributed by atoms with E-state index in [4.69, 9.17) is 0 Å². The molecule has 2 aromatic carbocycles. The van der Waals surface area contributed by atoms with E-state index in [2.05, 4.69) is 10.5 Å². The quantitative estimate of drug-likeness (QED) is 0.382. The molecule has 1 amide bonds. The van der Waals surface area contributed by atoms with E-state index in [0.717, 1.165) is 4.90 Å². The number of carbonyl (C=O) groups is 1. The largest absolute Gasteiger partial charge is 0.272 e. The maximum Gasteiger partial charge on any atom is 0.269 e. The number of benzene rings is 2. The van der Waals surface area contributed by atoms with Crippen LogP contribution in [0.4, 0.5) is 5.69 Å². The summed E-state index contributed by atoms with van der Waals surface area (Å²) in [5, 5.41) is 14.6. The normalized spacial score (nSPS) is 11.1. The van der Waals surface area contributed by atoms with Crippen LogP contribution >= 0.6 is 11.8 Å². The monoisotopic (exact) mass is 329 g/mol. The summed E-state index contributed by atoms with van der Waals surface area (Å²) in [7, 11) is 0. The molecule has 0 heterocycles. The smallest absolute Gasteiger partial charge is 0.269 e. The van der Waals surface area contributed by atoms with Crippen molar-refractivity contribution in [2.45, 2.75) is 11.8 Å². The van der Waals surface area contributed by atoms with Gasteiger partial charge < -0.3 is 0 Å². The summed E-state index contributed by atoms with van der Waals surface area (Å²) < 4.78 is 0. The van der Waals surface area contributed by atoms with Gasteiger partial charge in [-0.2, -0.15) is 5.10 Å². The number of hydrogen-bond acceptors (Lipinski definition) is 5. The first kappa shape index (κ1) is 16.7. The summed E-state index contributed by atoms with van der Waals surface area (Å²) in [5.74, 6) is 0.0567. The molecule has 118 valence electrons. The molecule has 23 heavy (non-hydrogen) atoms. The zero-order valence-electron chi connectivity index (χ0n) is 12.4. The van der Waals surface area contributed by atoms with Gasteiger partial charge in [-0.15, -0.1) is 11.8 Å². The number of rotatable bonds is 6. The molecule has 0 aliphatic carbocycles. The van der Waals surface area contributed by atoms with Crippen LogP contribution in [0, 0.1) is 10.1 Å². The lowest BCUT2D eigenvalue weighted by atomic mass is 10.1. The van der Waals surface area contributed by atoms with Crippen molar-refractivity contribution in [2.75, 3.05) is 5.75 Å². The fourth-order valence-electron chi connectivity index (χ4n) is 1.73. The maximum absolute atomic E-state index is 11.8. The Kier molecular flexibility index (Phi) is 5.87. The minimum absolute atomic E-state index is 0.0184. The molecule has 2 aromatic rings. The molecule has 6 nitrogen and oxygen atoms in total. The molecule has 7 heteroatoms. The highest BCUT2D eigenvalue weighted by Crippen LogP contribution is 2.16. The van der Waals surface area contributed by atoms with Crippen LogP contribution in [0.5, 0.6) is 0 Å². The Morgan fingerprint density at radius 3 is 2.43 bits per heavy atom. The van der Waals surface area contributed by atoms with Gasteiger partial charge in [0.15, 0.2) is 0 Å². The van der Waals surface area contributed by atoms with E-state index < -0.39 is 4.92 Å². The van der Waals surface area contributed by atoms with Crippen LogP contribution in [-0.2, 0) is 4.79 Å². The second-order valence-electron chi connectivity index (χ2n) is 4.64. The van der Waals surface area contributed by atoms with Gasteiger partial charge >= 0.3 is 0 Å². The topological polar surface area (TPSA) is 84.6 Å². The SMILES string of the molecule is C/C(=N/NC(=O)CSc1ccccc1)c1ccc([N+](=O)[O-])cc1. The van der Waals surface area contributed by atoms with E-state index >= 15 is 0 Å². The first-order valence-corrected chi connectivity index (χ1v) is 7.80. The van der Waals surface area contributed by atoms with Crippen molar-refractivity contribution in [3.05, 3.63) is 70.3 Å². The molecule has 0 aliphatic heterocycles. The first-order valence-electron chi connectivity index (χ1n) is 6.82. The van der Waals surface area contributed by atoms with Crippen LogP contribution in [0.25, 0.3) is 0 Å². The van der Waals surface area contributed by atoms with Crippen molar-refractivity contribution >= 4 is 29.1 Å². The molecule has 0 radical (unpaired) electrons. The number of thioether (sulfide) groups is 1. The number of non-ortho nitro benzene ring substituents is 1. The average Bonchev–Trinajstić information content (AvgIpc) is 2.58. The summed E-state index contributed by atoms with van der Waals surface area (Å²) in [6, 6.07) is 15.6. The van der Waals surface area contributed by atoms with Crippen molar-refractivity contribution in [1.29, 1.82) is 0 Å². The summed E-state index contributed by atoms with van der Waals surface area (Å²) in [4.78, 5) is 22.9. The lowest BCUT2D eigenvalue weighted by Crippen LogP contribution is -2.21. The molecule has 0 aliphatic rings. The molecule has 0 atom stereocenters. The van der Waals surface area contributed by atoms with E-state index in [1.54, 1.807) is 19.1 Å². The van der Waals surface area contributed by atoms with Gasteiger partial charge in [-0.25, -0.2) is 5.43 Å². The maximum atomic E-state index is 11.8. The third kappa shape index (κ3) is 5.23. The van der Waals surface area contributed by atoms with Gasteiger partial charge in [-0.1, -0.05) is 18.2 Å². The highest BCUT2D eigenvalue weighted by molar-refractivity contribution is 8.00. The molecule has 0 saturated carbocycles. The van der Waals surface area contributed by atoms with Crippen LogP contribution in [0.1, 0.15) is 12.5 Å². The Morgan fingerprint density at radius 2 is 1.83 bits per heavy atom. The van der Waals surface area contributed by atoms with Crippen LogP contribution in [0.15, 0.2) is 64.6 Å². The Hall–Kier alpha value is -2.67. The van der Waals surface area contributed by atoms with Crippen LogP contribution in [0.3, 0.4) is 0 Å². The van der Waals surface area contributed by atoms with E-state index in [9.17, 15) is 14.9 Å². The predicted molar refractivity (Wildman–Crippen MR) is 90.6 cm³/mol. The number of nitrogens with zero attached hydrogens (tertiary/aromatic N) is 2. The van der Waals surface area contributed by atoms with Crippen LogP contribution < -0.4 is 5.43 Å². The summed E-state index contributed by atoms with van der Waals surface area (Å²) in [6.45, 7) is 1.73. The van der Waals surface area contributed by atoms with Crippen LogP contribution in [0.2, 0.25) is 0 Å². The van der Waals surface area contributed by atoms with Gasteiger partial charge in [0.05, 0.1) is 16.4 Å². The van der Waals surface area contributed by atoms with Gasteiger partial charge in [0, 0.05) is 17.0 Å². The summed E-state index contributed by atoms with van der Waals surface area (Å²) >= 11 is 1.42. The molecule has 1 N–H and O–H groups in total. The molecule has 0 spiro atoms. The van der Waals surface area contributed by atoms with Gasteiger partial charge in [-0.3, -0.25) is 14.9 Å². The van der Waals surface area contributed by atoms with E-state index in [0.29, 0.717) is 11.3 Å². The lowest BCUT2D eigenvalue weighted by Gasteiger charge is -2.03. The number of amides is 1. The number of nitro groups is 1.